The Morgan fingerprint density at radius 3 is 3.19 bits per heavy atom. The third-order valence-electron chi connectivity index (χ3n) is 2.71. The van der Waals surface area contributed by atoms with Gasteiger partial charge in [0.15, 0.2) is 0 Å². The highest BCUT2D eigenvalue weighted by atomic mass is 32.2. The summed E-state index contributed by atoms with van der Waals surface area (Å²) >= 11 is 0. The Balaban J connectivity index is 2.21. The monoisotopic (exact) mass is 234 g/mol. The van der Waals surface area contributed by atoms with E-state index in [1.807, 2.05) is 18.2 Å². The van der Waals surface area contributed by atoms with Crippen LogP contribution in [0.5, 0.6) is 0 Å². The van der Waals surface area contributed by atoms with Crippen LogP contribution in [0.1, 0.15) is 23.6 Å². The van der Waals surface area contributed by atoms with Crippen molar-refractivity contribution in [2.75, 3.05) is 18.1 Å². The molecule has 0 aromatic heterocycles. The van der Waals surface area contributed by atoms with Crippen LogP contribution < -0.4 is 5.32 Å². The first-order chi connectivity index (χ1) is 7.79. The number of hydrogen-bond donors (Lipinski definition) is 1. The molecule has 0 spiro atoms. The smallest absolute Gasteiger partial charge is 0.0991 e. The summed E-state index contributed by atoms with van der Waals surface area (Å²) in [5, 5.41) is 12.2. The van der Waals surface area contributed by atoms with Gasteiger partial charge in [0.2, 0.25) is 0 Å². The van der Waals surface area contributed by atoms with Crippen LogP contribution in [0.25, 0.3) is 0 Å². The largest absolute Gasteiger partial charge is 0.309 e. The summed E-state index contributed by atoms with van der Waals surface area (Å²) in [5.41, 5.74) is 1.73. The molecule has 2 atom stereocenters. The van der Waals surface area contributed by atoms with Crippen molar-refractivity contribution in [3.05, 3.63) is 35.4 Å². The van der Waals surface area contributed by atoms with Crippen molar-refractivity contribution in [2.45, 2.75) is 12.5 Å². The molecule has 1 aromatic carbocycles. The van der Waals surface area contributed by atoms with Gasteiger partial charge in [0.25, 0.3) is 0 Å². The molecule has 0 bridgehead atoms. The van der Waals surface area contributed by atoms with Crippen molar-refractivity contribution in [3.8, 4) is 6.07 Å². The summed E-state index contributed by atoms with van der Waals surface area (Å²) in [7, 11) is -0.742. The highest BCUT2D eigenvalue weighted by Crippen LogP contribution is 2.17. The van der Waals surface area contributed by atoms with E-state index in [0.717, 1.165) is 24.3 Å². The maximum atomic E-state index is 11.6. The Bertz CT molecular complexity index is 439. The lowest BCUT2D eigenvalue weighted by Gasteiger charge is -2.15. The molecule has 16 heavy (non-hydrogen) atoms. The first-order valence-electron chi connectivity index (χ1n) is 5.38. The van der Waals surface area contributed by atoms with Gasteiger partial charge in [0.1, 0.15) is 0 Å². The molecule has 1 saturated heterocycles. The fourth-order valence-electron chi connectivity index (χ4n) is 1.88. The number of nitrogens with one attached hydrogen (secondary N) is 1. The predicted molar refractivity (Wildman–Crippen MR) is 64.4 cm³/mol. The minimum absolute atomic E-state index is 0.122. The molecule has 4 heteroatoms. The maximum Gasteiger partial charge on any atom is 0.0991 e. The van der Waals surface area contributed by atoms with E-state index in [1.54, 1.807) is 6.07 Å². The van der Waals surface area contributed by atoms with Crippen LogP contribution in [-0.4, -0.2) is 22.3 Å². The summed E-state index contributed by atoms with van der Waals surface area (Å²) < 4.78 is 11.6. The standard InChI is InChI=1S/C12H14N2OS/c13-8-10-3-1-4-11(7-10)12-9-16(15)6-2-5-14-12/h1,3-4,7,12,14H,2,5-6,9H2. The topological polar surface area (TPSA) is 52.9 Å². The second-order valence-corrected chi connectivity index (χ2v) is 5.53. The van der Waals surface area contributed by atoms with Gasteiger partial charge in [-0.15, -0.1) is 0 Å². The number of rotatable bonds is 1. The minimum Gasteiger partial charge on any atom is -0.309 e. The van der Waals surface area contributed by atoms with Crippen molar-refractivity contribution < 1.29 is 4.21 Å². The lowest BCUT2D eigenvalue weighted by atomic mass is 10.1. The molecule has 1 N–H and O–H groups in total. The van der Waals surface area contributed by atoms with Gasteiger partial charge < -0.3 is 5.32 Å². The first kappa shape index (κ1) is 11.3. The molecule has 2 rings (SSSR count). The van der Waals surface area contributed by atoms with Crippen molar-refractivity contribution in [3.63, 3.8) is 0 Å². The molecule has 0 saturated carbocycles. The molecule has 1 aliphatic rings. The number of nitriles is 1. The Morgan fingerprint density at radius 1 is 1.50 bits per heavy atom. The van der Waals surface area contributed by atoms with E-state index in [1.165, 1.54) is 0 Å². The molecular formula is C12H14N2OS. The SMILES string of the molecule is N#Cc1cccc(C2CS(=O)CCCN2)c1. The van der Waals surface area contributed by atoms with Crippen LogP contribution in [0, 0.1) is 11.3 Å². The van der Waals surface area contributed by atoms with Gasteiger partial charge in [-0.2, -0.15) is 5.26 Å². The van der Waals surface area contributed by atoms with Gasteiger partial charge in [-0.3, -0.25) is 4.21 Å². The third kappa shape index (κ3) is 2.69. The fourth-order valence-corrected chi connectivity index (χ4v) is 3.19. The molecule has 3 nitrogen and oxygen atoms in total. The van der Waals surface area contributed by atoms with Gasteiger partial charge in [-0.05, 0) is 30.7 Å². The van der Waals surface area contributed by atoms with E-state index >= 15 is 0 Å². The van der Waals surface area contributed by atoms with Crippen molar-refractivity contribution >= 4 is 10.8 Å². The molecule has 1 aromatic rings. The van der Waals surface area contributed by atoms with Crippen molar-refractivity contribution in [2.24, 2.45) is 0 Å². The van der Waals surface area contributed by atoms with E-state index in [0.29, 0.717) is 11.3 Å². The van der Waals surface area contributed by atoms with Gasteiger partial charge in [0.05, 0.1) is 11.6 Å². The maximum absolute atomic E-state index is 11.6. The zero-order valence-electron chi connectivity index (χ0n) is 8.98. The van der Waals surface area contributed by atoms with Gasteiger partial charge >= 0.3 is 0 Å². The average Bonchev–Trinajstić information content (AvgIpc) is 2.54. The summed E-state index contributed by atoms with van der Waals surface area (Å²) in [6, 6.07) is 9.78. The van der Waals surface area contributed by atoms with Crippen LogP contribution in [0.3, 0.4) is 0 Å². The third-order valence-corrected chi connectivity index (χ3v) is 4.16. The Kier molecular flexibility index (Phi) is 3.70. The van der Waals surface area contributed by atoms with Crippen molar-refractivity contribution in [1.29, 1.82) is 5.26 Å². The normalized spacial score (nSPS) is 25.7. The van der Waals surface area contributed by atoms with Crippen LogP contribution >= 0.6 is 0 Å². The fraction of sp³-hybridized carbons (Fsp3) is 0.417. The van der Waals surface area contributed by atoms with Crippen LogP contribution in [0.15, 0.2) is 24.3 Å². The molecule has 0 aliphatic carbocycles. The molecule has 2 unspecified atom stereocenters. The molecule has 84 valence electrons. The van der Waals surface area contributed by atoms with E-state index in [2.05, 4.69) is 11.4 Å². The highest BCUT2D eigenvalue weighted by Gasteiger charge is 2.17. The number of nitrogens with zero attached hydrogens (tertiary/aromatic N) is 1. The van der Waals surface area contributed by atoms with Gasteiger partial charge in [-0.1, -0.05) is 12.1 Å². The Labute approximate surface area is 97.9 Å². The molecule has 0 radical (unpaired) electrons. The molecular weight excluding hydrogens is 220 g/mol. The summed E-state index contributed by atoms with van der Waals surface area (Å²) in [5.74, 6) is 1.43. The van der Waals surface area contributed by atoms with Crippen molar-refractivity contribution in [1.82, 2.24) is 5.32 Å². The van der Waals surface area contributed by atoms with E-state index < -0.39 is 10.8 Å². The van der Waals surface area contributed by atoms with Crippen LogP contribution in [0.4, 0.5) is 0 Å². The summed E-state index contributed by atoms with van der Waals surface area (Å²) in [6.07, 6.45) is 0.959. The predicted octanol–water partition coefficient (Wildman–Crippen LogP) is 1.34. The number of hydrogen-bond acceptors (Lipinski definition) is 3. The lowest BCUT2D eigenvalue weighted by molar-refractivity contribution is 0.587. The Morgan fingerprint density at radius 2 is 2.38 bits per heavy atom. The summed E-state index contributed by atoms with van der Waals surface area (Å²) in [4.78, 5) is 0. The van der Waals surface area contributed by atoms with Gasteiger partial charge in [-0.25, -0.2) is 0 Å². The molecule has 1 heterocycles. The number of benzene rings is 1. The lowest BCUT2D eigenvalue weighted by Crippen LogP contribution is -2.23. The summed E-state index contributed by atoms with van der Waals surface area (Å²) in [6.45, 7) is 0.896. The Hall–Kier alpha value is -1.18. The zero-order valence-corrected chi connectivity index (χ0v) is 9.80. The minimum atomic E-state index is -0.742. The second kappa shape index (κ2) is 5.24. The molecule has 1 fully saturated rings. The quantitative estimate of drug-likeness (QED) is 0.798. The second-order valence-electron chi connectivity index (χ2n) is 3.91. The highest BCUT2D eigenvalue weighted by molar-refractivity contribution is 7.85. The molecule has 0 amide bonds. The van der Waals surface area contributed by atoms with Crippen LogP contribution in [0.2, 0.25) is 0 Å². The van der Waals surface area contributed by atoms with Gasteiger partial charge in [0, 0.05) is 28.3 Å². The molecule has 1 aliphatic heterocycles. The average molecular weight is 234 g/mol. The van der Waals surface area contributed by atoms with E-state index in [9.17, 15) is 4.21 Å². The van der Waals surface area contributed by atoms with Crippen LogP contribution in [-0.2, 0) is 10.8 Å². The van der Waals surface area contributed by atoms with E-state index in [4.69, 9.17) is 5.26 Å². The first-order valence-corrected chi connectivity index (χ1v) is 6.87. The zero-order chi connectivity index (χ0) is 11.4. The van der Waals surface area contributed by atoms with E-state index in [-0.39, 0.29) is 6.04 Å².